The maximum atomic E-state index is 11.2. The predicted octanol–water partition coefficient (Wildman–Crippen LogP) is 1.04. The molecule has 0 radical (unpaired) electrons. The molecule has 2 aromatic rings. The van der Waals surface area contributed by atoms with E-state index >= 15 is 0 Å². The van der Waals surface area contributed by atoms with Gasteiger partial charge in [-0.1, -0.05) is 5.21 Å². The fraction of sp³-hybridized carbons (Fsp3) is 0.625. The Hall–Kier alpha value is -2.22. The lowest BCUT2D eigenvalue weighted by Gasteiger charge is -2.16. The first-order chi connectivity index (χ1) is 11.6. The summed E-state index contributed by atoms with van der Waals surface area (Å²) < 4.78 is 3.94. The molecule has 3 heterocycles. The first-order valence-electron chi connectivity index (χ1n) is 8.42. The van der Waals surface area contributed by atoms with Crippen LogP contribution in [0, 0.1) is 5.92 Å². The van der Waals surface area contributed by atoms with Crippen molar-refractivity contribution >= 4 is 5.97 Å². The minimum absolute atomic E-state index is 0.0588. The number of aryl methyl sites for hydroxylation is 1. The number of likely N-dealkylation sites (tertiary alicyclic amines) is 1. The van der Waals surface area contributed by atoms with E-state index in [0.717, 1.165) is 31.2 Å². The molecule has 0 bridgehead atoms. The monoisotopic (exact) mass is 330 g/mol. The highest BCUT2D eigenvalue weighted by molar-refractivity contribution is 5.67. The third kappa shape index (κ3) is 3.06. The van der Waals surface area contributed by atoms with Crippen molar-refractivity contribution in [3.05, 3.63) is 30.1 Å². The van der Waals surface area contributed by atoms with E-state index in [1.54, 1.807) is 4.68 Å². The molecule has 2 aromatic heterocycles. The number of carboxylic acids is 1. The number of carbonyl (C=O) groups is 1. The number of aliphatic carboxylic acids is 1. The van der Waals surface area contributed by atoms with Gasteiger partial charge in [-0.25, -0.2) is 4.98 Å². The standard InChI is InChI=1S/C16H22N6O2/c1-20-9-14(18-19-20)13-8-21(7-11(13)6-16(23)24)10-15-17-4-5-22(15)12-2-3-12/h4-5,9,11-13H,2-3,6-8,10H2,1H3,(H,23,24)/t11-,13+/m0/s1. The molecule has 1 aliphatic heterocycles. The SMILES string of the molecule is Cn1cc([C@@H]2CN(Cc3nccn3C3CC3)C[C@@H]2CC(=O)O)nn1. The average Bonchev–Trinajstić information content (AvgIpc) is 2.91. The number of aromatic nitrogens is 5. The highest BCUT2D eigenvalue weighted by atomic mass is 16.4. The van der Waals surface area contributed by atoms with Gasteiger partial charge in [0.1, 0.15) is 5.82 Å². The van der Waals surface area contributed by atoms with Gasteiger partial charge in [0.2, 0.25) is 0 Å². The topological polar surface area (TPSA) is 89.1 Å². The number of hydrogen-bond donors (Lipinski definition) is 1. The summed E-state index contributed by atoms with van der Waals surface area (Å²) in [5.74, 6) is 0.490. The molecular formula is C16H22N6O2. The van der Waals surface area contributed by atoms with E-state index in [1.807, 2.05) is 19.4 Å². The molecule has 8 nitrogen and oxygen atoms in total. The zero-order valence-electron chi connectivity index (χ0n) is 13.7. The number of carboxylic acid groups (broad SMARTS) is 1. The van der Waals surface area contributed by atoms with E-state index in [1.165, 1.54) is 12.8 Å². The second-order valence-electron chi connectivity index (χ2n) is 6.96. The van der Waals surface area contributed by atoms with Crippen LogP contribution in [-0.2, 0) is 18.4 Å². The van der Waals surface area contributed by atoms with Gasteiger partial charge in [-0.3, -0.25) is 14.4 Å². The van der Waals surface area contributed by atoms with Crippen LogP contribution in [0.1, 0.15) is 42.7 Å². The van der Waals surface area contributed by atoms with Crippen LogP contribution in [-0.4, -0.2) is 53.6 Å². The molecule has 2 aliphatic rings. The Labute approximate surface area is 140 Å². The minimum atomic E-state index is -0.754. The Morgan fingerprint density at radius 3 is 2.88 bits per heavy atom. The minimum Gasteiger partial charge on any atom is -0.481 e. The Morgan fingerprint density at radius 2 is 2.21 bits per heavy atom. The van der Waals surface area contributed by atoms with E-state index in [0.29, 0.717) is 6.04 Å². The quantitative estimate of drug-likeness (QED) is 0.851. The van der Waals surface area contributed by atoms with Crippen LogP contribution < -0.4 is 0 Å². The highest BCUT2D eigenvalue weighted by Crippen LogP contribution is 2.37. The second-order valence-corrected chi connectivity index (χ2v) is 6.96. The van der Waals surface area contributed by atoms with Crippen LogP contribution in [0.3, 0.4) is 0 Å². The Kier molecular flexibility index (Phi) is 3.84. The number of nitrogens with zero attached hydrogens (tertiary/aromatic N) is 6. The first-order valence-corrected chi connectivity index (χ1v) is 8.42. The summed E-state index contributed by atoms with van der Waals surface area (Å²) in [6.07, 6.45) is 8.43. The zero-order chi connectivity index (χ0) is 16.7. The molecule has 0 spiro atoms. The molecule has 2 atom stereocenters. The van der Waals surface area contributed by atoms with Gasteiger partial charge >= 0.3 is 5.97 Å². The molecule has 0 aromatic carbocycles. The Balaban J connectivity index is 1.50. The summed E-state index contributed by atoms with van der Waals surface area (Å²) in [4.78, 5) is 18.0. The molecule has 1 saturated carbocycles. The molecule has 1 saturated heterocycles. The van der Waals surface area contributed by atoms with Crippen LogP contribution in [0.4, 0.5) is 0 Å². The van der Waals surface area contributed by atoms with E-state index in [2.05, 4.69) is 31.0 Å². The van der Waals surface area contributed by atoms with Crippen molar-refractivity contribution in [2.75, 3.05) is 13.1 Å². The van der Waals surface area contributed by atoms with Crippen molar-refractivity contribution < 1.29 is 9.90 Å². The summed E-state index contributed by atoms with van der Waals surface area (Å²) in [6, 6.07) is 0.607. The van der Waals surface area contributed by atoms with Gasteiger partial charge in [-0.05, 0) is 18.8 Å². The Bertz CT molecular complexity index is 735. The third-order valence-electron chi connectivity index (χ3n) is 5.01. The second kappa shape index (κ2) is 6.01. The maximum Gasteiger partial charge on any atom is 0.303 e. The molecule has 0 unspecified atom stereocenters. The van der Waals surface area contributed by atoms with Crippen LogP contribution in [0.2, 0.25) is 0 Å². The van der Waals surface area contributed by atoms with Crippen LogP contribution >= 0.6 is 0 Å². The van der Waals surface area contributed by atoms with Crippen molar-refractivity contribution in [1.82, 2.24) is 29.4 Å². The Morgan fingerprint density at radius 1 is 1.38 bits per heavy atom. The smallest absolute Gasteiger partial charge is 0.303 e. The maximum absolute atomic E-state index is 11.2. The summed E-state index contributed by atoms with van der Waals surface area (Å²) in [6.45, 7) is 2.32. The lowest BCUT2D eigenvalue weighted by Crippen LogP contribution is -2.23. The number of hydrogen-bond acceptors (Lipinski definition) is 5. The van der Waals surface area contributed by atoms with Crippen molar-refractivity contribution in [2.24, 2.45) is 13.0 Å². The predicted molar refractivity (Wildman–Crippen MR) is 85.3 cm³/mol. The summed E-state index contributed by atoms with van der Waals surface area (Å²) >= 11 is 0. The van der Waals surface area contributed by atoms with Crippen LogP contribution in [0.25, 0.3) is 0 Å². The molecule has 1 aliphatic carbocycles. The van der Waals surface area contributed by atoms with E-state index in [-0.39, 0.29) is 18.3 Å². The van der Waals surface area contributed by atoms with Crippen molar-refractivity contribution in [1.29, 1.82) is 0 Å². The first kappa shape index (κ1) is 15.3. The lowest BCUT2D eigenvalue weighted by atomic mass is 9.91. The fourth-order valence-electron chi connectivity index (χ4n) is 3.74. The van der Waals surface area contributed by atoms with E-state index in [4.69, 9.17) is 0 Å². The molecule has 8 heteroatoms. The van der Waals surface area contributed by atoms with Gasteiger partial charge in [0.05, 0.1) is 18.7 Å². The van der Waals surface area contributed by atoms with E-state index < -0.39 is 5.97 Å². The summed E-state index contributed by atoms with van der Waals surface area (Å²) in [5, 5.41) is 17.5. The molecule has 0 amide bonds. The van der Waals surface area contributed by atoms with Gasteiger partial charge in [0.15, 0.2) is 0 Å². The zero-order valence-corrected chi connectivity index (χ0v) is 13.7. The summed E-state index contributed by atoms with van der Waals surface area (Å²) in [7, 11) is 1.84. The van der Waals surface area contributed by atoms with Crippen LogP contribution in [0.15, 0.2) is 18.6 Å². The number of imidazole rings is 1. The number of rotatable bonds is 6. The largest absolute Gasteiger partial charge is 0.481 e. The van der Waals surface area contributed by atoms with Crippen molar-refractivity contribution in [3.8, 4) is 0 Å². The molecule has 1 N–H and O–H groups in total. The lowest BCUT2D eigenvalue weighted by molar-refractivity contribution is -0.138. The molecule has 2 fully saturated rings. The molecule has 128 valence electrons. The molecule has 4 rings (SSSR count). The highest BCUT2D eigenvalue weighted by Gasteiger charge is 2.37. The third-order valence-corrected chi connectivity index (χ3v) is 5.01. The van der Waals surface area contributed by atoms with Gasteiger partial charge in [0, 0.05) is 50.7 Å². The van der Waals surface area contributed by atoms with Gasteiger partial charge in [0.25, 0.3) is 0 Å². The van der Waals surface area contributed by atoms with Crippen molar-refractivity contribution in [2.45, 2.75) is 37.8 Å². The average molecular weight is 330 g/mol. The summed E-state index contributed by atoms with van der Waals surface area (Å²) in [5.41, 5.74) is 0.886. The van der Waals surface area contributed by atoms with Gasteiger partial charge < -0.3 is 9.67 Å². The van der Waals surface area contributed by atoms with Gasteiger partial charge in [-0.15, -0.1) is 5.10 Å². The van der Waals surface area contributed by atoms with Crippen molar-refractivity contribution in [3.63, 3.8) is 0 Å². The van der Waals surface area contributed by atoms with E-state index in [9.17, 15) is 9.90 Å². The molecular weight excluding hydrogens is 308 g/mol. The normalized spacial score (nSPS) is 24.5. The molecule has 24 heavy (non-hydrogen) atoms. The van der Waals surface area contributed by atoms with Gasteiger partial charge in [-0.2, -0.15) is 0 Å². The van der Waals surface area contributed by atoms with Crippen LogP contribution in [0.5, 0.6) is 0 Å². The fourth-order valence-corrected chi connectivity index (χ4v) is 3.74.